The Bertz CT molecular complexity index is 433. The maximum Gasteiger partial charge on any atom is 0.311 e. The van der Waals surface area contributed by atoms with Crippen LogP contribution in [0.3, 0.4) is 0 Å². The van der Waals surface area contributed by atoms with E-state index in [1.807, 2.05) is 13.0 Å². The molecule has 19 heavy (non-hydrogen) atoms. The molecule has 0 amide bonds. The normalized spacial score (nSPS) is 10.2. The molecule has 5 heteroatoms. The number of allylic oxidation sites excluding steroid dienone is 1. The van der Waals surface area contributed by atoms with Gasteiger partial charge in [0.05, 0.1) is 11.5 Å². The quantitative estimate of drug-likeness (QED) is 0.322. The average Bonchev–Trinajstić information content (AvgIpc) is 2.41. The minimum atomic E-state index is -0.404. The smallest absolute Gasteiger partial charge is 0.311 e. The van der Waals surface area contributed by atoms with E-state index >= 15 is 0 Å². The van der Waals surface area contributed by atoms with Crippen LogP contribution < -0.4 is 10.1 Å². The van der Waals surface area contributed by atoms with Crippen LogP contribution in [0.4, 0.5) is 5.69 Å². The van der Waals surface area contributed by atoms with E-state index in [0.29, 0.717) is 18.9 Å². The third-order valence-electron chi connectivity index (χ3n) is 2.61. The van der Waals surface area contributed by atoms with Crippen molar-refractivity contribution in [2.75, 3.05) is 13.2 Å². The van der Waals surface area contributed by atoms with E-state index in [4.69, 9.17) is 4.74 Å². The van der Waals surface area contributed by atoms with Gasteiger partial charge in [-0.05, 0) is 31.0 Å². The van der Waals surface area contributed by atoms with E-state index in [1.165, 1.54) is 0 Å². The van der Waals surface area contributed by atoms with Gasteiger partial charge in [-0.3, -0.25) is 10.1 Å². The number of ether oxygens (including phenoxy) is 1. The number of nitrogens with zero attached hydrogens (tertiary/aromatic N) is 1. The molecular formula is C14H20N2O3. The number of nitrogens with one attached hydrogen (secondary N) is 1. The van der Waals surface area contributed by atoms with Crippen LogP contribution in [0.2, 0.25) is 0 Å². The van der Waals surface area contributed by atoms with Crippen LogP contribution in [0.15, 0.2) is 30.9 Å². The SMILES string of the molecule is C=CCCCOc1ccc(CNCC)cc1[N+](=O)[O-]. The van der Waals surface area contributed by atoms with Gasteiger partial charge in [0, 0.05) is 12.6 Å². The van der Waals surface area contributed by atoms with Crippen molar-refractivity contribution in [3.8, 4) is 5.75 Å². The first-order valence-electron chi connectivity index (χ1n) is 6.40. The van der Waals surface area contributed by atoms with Crippen LogP contribution in [0.5, 0.6) is 5.75 Å². The van der Waals surface area contributed by atoms with Crippen molar-refractivity contribution in [2.45, 2.75) is 26.3 Å². The topological polar surface area (TPSA) is 64.4 Å². The second-order valence-corrected chi connectivity index (χ2v) is 4.12. The molecule has 0 aliphatic rings. The Morgan fingerprint density at radius 2 is 2.32 bits per heavy atom. The summed E-state index contributed by atoms with van der Waals surface area (Å²) in [7, 11) is 0. The van der Waals surface area contributed by atoms with Gasteiger partial charge in [0.2, 0.25) is 0 Å². The summed E-state index contributed by atoms with van der Waals surface area (Å²) < 4.78 is 5.45. The Morgan fingerprint density at radius 3 is 2.95 bits per heavy atom. The number of hydrogen-bond acceptors (Lipinski definition) is 4. The summed E-state index contributed by atoms with van der Waals surface area (Å²) in [5.41, 5.74) is 0.904. The van der Waals surface area contributed by atoms with E-state index < -0.39 is 4.92 Å². The van der Waals surface area contributed by atoms with E-state index in [9.17, 15) is 10.1 Å². The van der Waals surface area contributed by atoms with Crippen molar-refractivity contribution >= 4 is 5.69 Å². The predicted molar refractivity (Wildman–Crippen MR) is 75.4 cm³/mol. The minimum absolute atomic E-state index is 0.0222. The van der Waals surface area contributed by atoms with Crippen molar-refractivity contribution < 1.29 is 9.66 Å². The molecule has 0 saturated heterocycles. The summed E-state index contributed by atoms with van der Waals surface area (Å²) in [6.45, 7) is 7.52. The van der Waals surface area contributed by atoms with Gasteiger partial charge in [-0.15, -0.1) is 6.58 Å². The molecule has 0 aliphatic heterocycles. The maximum atomic E-state index is 11.0. The second-order valence-electron chi connectivity index (χ2n) is 4.12. The fourth-order valence-corrected chi connectivity index (χ4v) is 1.62. The molecule has 0 unspecified atom stereocenters. The zero-order chi connectivity index (χ0) is 14.1. The Morgan fingerprint density at radius 1 is 1.53 bits per heavy atom. The van der Waals surface area contributed by atoms with Crippen molar-refractivity contribution in [1.82, 2.24) is 5.32 Å². The fourth-order valence-electron chi connectivity index (χ4n) is 1.62. The Kier molecular flexibility index (Phi) is 6.60. The van der Waals surface area contributed by atoms with Crippen molar-refractivity contribution in [3.63, 3.8) is 0 Å². The average molecular weight is 264 g/mol. The molecule has 0 saturated carbocycles. The van der Waals surface area contributed by atoms with Gasteiger partial charge in [-0.2, -0.15) is 0 Å². The lowest BCUT2D eigenvalue weighted by atomic mass is 10.2. The van der Waals surface area contributed by atoms with Gasteiger partial charge >= 0.3 is 5.69 Å². The van der Waals surface area contributed by atoms with Crippen LogP contribution in [-0.2, 0) is 6.54 Å². The first-order chi connectivity index (χ1) is 9.19. The van der Waals surface area contributed by atoms with Crippen LogP contribution in [0, 0.1) is 10.1 Å². The highest BCUT2D eigenvalue weighted by molar-refractivity contribution is 5.48. The molecule has 0 radical (unpaired) electrons. The van der Waals surface area contributed by atoms with Crippen LogP contribution >= 0.6 is 0 Å². The molecule has 1 aromatic rings. The summed E-state index contributed by atoms with van der Waals surface area (Å²) in [4.78, 5) is 10.6. The molecule has 0 heterocycles. The Balaban J connectivity index is 2.73. The van der Waals surface area contributed by atoms with Gasteiger partial charge in [0.15, 0.2) is 5.75 Å². The minimum Gasteiger partial charge on any atom is -0.487 e. The Labute approximate surface area is 113 Å². The summed E-state index contributed by atoms with van der Waals surface area (Å²) in [5, 5.41) is 14.2. The summed E-state index contributed by atoms with van der Waals surface area (Å²) >= 11 is 0. The first kappa shape index (κ1) is 15.2. The molecule has 0 bridgehead atoms. The van der Waals surface area contributed by atoms with Crippen LogP contribution in [0.25, 0.3) is 0 Å². The molecule has 1 rings (SSSR count). The third-order valence-corrected chi connectivity index (χ3v) is 2.61. The van der Waals surface area contributed by atoms with Gasteiger partial charge < -0.3 is 10.1 Å². The summed E-state index contributed by atoms with van der Waals surface area (Å²) in [6, 6.07) is 5.07. The number of nitro benzene ring substituents is 1. The van der Waals surface area contributed by atoms with E-state index in [-0.39, 0.29) is 5.69 Å². The van der Waals surface area contributed by atoms with Crippen molar-refractivity contribution in [3.05, 3.63) is 46.5 Å². The second kappa shape index (κ2) is 8.26. The molecule has 0 fully saturated rings. The lowest BCUT2D eigenvalue weighted by Gasteiger charge is -2.08. The molecule has 0 aromatic heterocycles. The molecule has 104 valence electrons. The monoisotopic (exact) mass is 264 g/mol. The highest BCUT2D eigenvalue weighted by Gasteiger charge is 2.15. The molecule has 5 nitrogen and oxygen atoms in total. The zero-order valence-electron chi connectivity index (χ0n) is 11.2. The molecule has 0 spiro atoms. The van der Waals surface area contributed by atoms with Gasteiger partial charge in [0.1, 0.15) is 0 Å². The lowest BCUT2D eigenvalue weighted by Crippen LogP contribution is -2.12. The molecule has 0 aliphatic carbocycles. The zero-order valence-corrected chi connectivity index (χ0v) is 11.2. The standard InChI is InChI=1S/C14H20N2O3/c1-3-5-6-9-19-14-8-7-12(11-15-4-2)10-13(14)16(17)18/h3,7-8,10,15H,1,4-6,9,11H2,2H3. The molecular weight excluding hydrogens is 244 g/mol. The molecule has 0 atom stereocenters. The van der Waals surface area contributed by atoms with Gasteiger partial charge in [-0.1, -0.05) is 19.1 Å². The summed E-state index contributed by atoms with van der Waals surface area (Å²) in [5.74, 6) is 0.328. The van der Waals surface area contributed by atoms with E-state index in [2.05, 4.69) is 11.9 Å². The first-order valence-corrected chi connectivity index (χ1v) is 6.40. The fraction of sp³-hybridized carbons (Fsp3) is 0.429. The number of unbranched alkanes of at least 4 members (excludes halogenated alkanes) is 1. The highest BCUT2D eigenvalue weighted by atomic mass is 16.6. The number of rotatable bonds is 9. The number of nitro groups is 1. The Hall–Kier alpha value is -1.88. The van der Waals surface area contributed by atoms with Crippen LogP contribution in [-0.4, -0.2) is 18.1 Å². The van der Waals surface area contributed by atoms with Crippen molar-refractivity contribution in [2.24, 2.45) is 0 Å². The predicted octanol–water partition coefficient (Wildman–Crippen LogP) is 3.05. The highest BCUT2D eigenvalue weighted by Crippen LogP contribution is 2.28. The van der Waals surface area contributed by atoms with Gasteiger partial charge in [0.25, 0.3) is 0 Å². The largest absolute Gasteiger partial charge is 0.487 e. The number of benzene rings is 1. The van der Waals surface area contributed by atoms with E-state index in [1.54, 1.807) is 18.2 Å². The molecule has 1 N–H and O–H groups in total. The summed E-state index contributed by atoms with van der Waals surface area (Å²) in [6.07, 6.45) is 3.45. The molecule has 1 aromatic carbocycles. The third kappa shape index (κ3) is 5.09. The van der Waals surface area contributed by atoms with E-state index in [0.717, 1.165) is 24.9 Å². The maximum absolute atomic E-state index is 11.0. The number of hydrogen-bond donors (Lipinski definition) is 1. The lowest BCUT2D eigenvalue weighted by molar-refractivity contribution is -0.385. The van der Waals surface area contributed by atoms with Crippen molar-refractivity contribution in [1.29, 1.82) is 0 Å². The van der Waals surface area contributed by atoms with Crippen LogP contribution in [0.1, 0.15) is 25.3 Å². The van der Waals surface area contributed by atoms with Gasteiger partial charge in [-0.25, -0.2) is 0 Å².